The van der Waals surface area contributed by atoms with Crippen LogP contribution in [-0.2, 0) is 0 Å². The largest absolute Gasteiger partial charge is 0.388 e. The first-order valence-electron chi connectivity index (χ1n) is 6.85. The van der Waals surface area contributed by atoms with Crippen molar-refractivity contribution in [3.8, 4) is 0 Å². The minimum Gasteiger partial charge on any atom is -0.388 e. The normalized spacial score (nSPS) is 19.2. The fourth-order valence-electron chi connectivity index (χ4n) is 2.80. The highest BCUT2D eigenvalue weighted by molar-refractivity contribution is 5.18. The summed E-state index contributed by atoms with van der Waals surface area (Å²) < 4.78 is 0. The van der Waals surface area contributed by atoms with Crippen LogP contribution in [0.1, 0.15) is 62.2 Å². The van der Waals surface area contributed by atoms with E-state index >= 15 is 0 Å². The summed E-state index contributed by atoms with van der Waals surface area (Å²) in [6, 6.07) is 2.04. The first kappa shape index (κ1) is 12.6. The molecule has 2 rings (SSSR count). The number of hydrogen-bond acceptors (Lipinski definition) is 2. The standard InChI is InChI=1S/C15H23NO/c1-12-9-14(11-16-10-12)15(17)8-7-13-5-3-2-4-6-13/h9-11,13,15,17H,2-8H2,1H3. The summed E-state index contributed by atoms with van der Waals surface area (Å²) in [6.45, 7) is 2.02. The van der Waals surface area contributed by atoms with Crippen molar-refractivity contribution in [2.24, 2.45) is 5.92 Å². The van der Waals surface area contributed by atoms with Crippen molar-refractivity contribution in [1.29, 1.82) is 0 Å². The van der Waals surface area contributed by atoms with Gasteiger partial charge in [0.25, 0.3) is 0 Å². The van der Waals surface area contributed by atoms with Gasteiger partial charge in [-0.15, -0.1) is 0 Å². The van der Waals surface area contributed by atoms with Gasteiger partial charge in [-0.05, 0) is 36.8 Å². The second-order valence-corrected chi connectivity index (χ2v) is 5.39. The Hall–Kier alpha value is -0.890. The van der Waals surface area contributed by atoms with Crippen LogP contribution in [0.25, 0.3) is 0 Å². The quantitative estimate of drug-likeness (QED) is 0.858. The molecule has 17 heavy (non-hydrogen) atoms. The van der Waals surface area contributed by atoms with E-state index in [1.165, 1.54) is 32.1 Å². The minimum absolute atomic E-state index is 0.329. The molecule has 0 aliphatic heterocycles. The van der Waals surface area contributed by atoms with Crippen LogP contribution in [0.3, 0.4) is 0 Å². The average molecular weight is 233 g/mol. The predicted molar refractivity (Wildman–Crippen MR) is 69.7 cm³/mol. The average Bonchev–Trinajstić information content (AvgIpc) is 2.37. The number of aryl methyl sites for hydroxylation is 1. The molecular weight excluding hydrogens is 210 g/mol. The Morgan fingerprint density at radius 1 is 1.29 bits per heavy atom. The summed E-state index contributed by atoms with van der Waals surface area (Å²) in [5.74, 6) is 0.844. The second-order valence-electron chi connectivity index (χ2n) is 5.39. The van der Waals surface area contributed by atoms with Gasteiger partial charge in [-0.1, -0.05) is 38.2 Å². The smallest absolute Gasteiger partial charge is 0.0805 e. The second kappa shape index (κ2) is 6.15. The fourth-order valence-corrected chi connectivity index (χ4v) is 2.80. The SMILES string of the molecule is Cc1cncc(C(O)CCC2CCCCC2)c1. The Morgan fingerprint density at radius 3 is 2.76 bits per heavy atom. The lowest BCUT2D eigenvalue weighted by molar-refractivity contribution is 0.151. The van der Waals surface area contributed by atoms with Gasteiger partial charge in [0.1, 0.15) is 0 Å². The van der Waals surface area contributed by atoms with Crippen LogP contribution in [0, 0.1) is 12.8 Å². The lowest BCUT2D eigenvalue weighted by atomic mass is 9.85. The van der Waals surface area contributed by atoms with Crippen molar-refractivity contribution in [3.05, 3.63) is 29.6 Å². The summed E-state index contributed by atoms with van der Waals surface area (Å²) in [7, 11) is 0. The third kappa shape index (κ3) is 3.81. The van der Waals surface area contributed by atoms with Gasteiger partial charge in [0, 0.05) is 12.4 Å². The van der Waals surface area contributed by atoms with Crippen LogP contribution in [-0.4, -0.2) is 10.1 Å². The molecule has 1 unspecified atom stereocenters. The number of pyridine rings is 1. The van der Waals surface area contributed by atoms with Gasteiger partial charge in [-0.25, -0.2) is 0 Å². The van der Waals surface area contributed by atoms with Crippen molar-refractivity contribution in [2.75, 3.05) is 0 Å². The van der Waals surface area contributed by atoms with Crippen LogP contribution >= 0.6 is 0 Å². The predicted octanol–water partition coefficient (Wildman–Crippen LogP) is 3.78. The topological polar surface area (TPSA) is 33.1 Å². The van der Waals surface area contributed by atoms with E-state index in [-0.39, 0.29) is 6.10 Å². The molecule has 1 atom stereocenters. The van der Waals surface area contributed by atoms with Crippen LogP contribution in [0.2, 0.25) is 0 Å². The Morgan fingerprint density at radius 2 is 2.06 bits per heavy atom. The van der Waals surface area contributed by atoms with E-state index in [9.17, 15) is 5.11 Å². The number of aliphatic hydroxyl groups excluding tert-OH is 1. The third-order valence-electron chi connectivity index (χ3n) is 3.85. The van der Waals surface area contributed by atoms with Crippen molar-refractivity contribution in [2.45, 2.75) is 58.0 Å². The van der Waals surface area contributed by atoms with E-state index in [4.69, 9.17) is 0 Å². The Kier molecular flexibility index (Phi) is 4.55. The lowest BCUT2D eigenvalue weighted by Crippen LogP contribution is -2.08. The number of aliphatic hydroxyl groups is 1. The minimum atomic E-state index is -0.329. The first-order valence-corrected chi connectivity index (χ1v) is 6.85. The molecular formula is C15H23NO. The molecule has 2 nitrogen and oxygen atoms in total. The van der Waals surface area contributed by atoms with Gasteiger partial charge < -0.3 is 5.11 Å². The maximum absolute atomic E-state index is 10.1. The molecule has 1 heterocycles. The van der Waals surface area contributed by atoms with E-state index in [1.807, 2.05) is 19.2 Å². The molecule has 0 aromatic carbocycles. The van der Waals surface area contributed by atoms with Crippen LogP contribution in [0.4, 0.5) is 0 Å². The van der Waals surface area contributed by atoms with Gasteiger partial charge in [0.05, 0.1) is 6.10 Å². The molecule has 0 amide bonds. The third-order valence-corrected chi connectivity index (χ3v) is 3.85. The van der Waals surface area contributed by atoms with Gasteiger partial charge in [-0.3, -0.25) is 4.98 Å². The summed E-state index contributed by atoms with van der Waals surface area (Å²) >= 11 is 0. The summed E-state index contributed by atoms with van der Waals surface area (Å²) in [5.41, 5.74) is 2.10. The summed E-state index contributed by atoms with van der Waals surface area (Å²) in [5, 5.41) is 10.1. The zero-order valence-electron chi connectivity index (χ0n) is 10.7. The Balaban J connectivity index is 1.82. The molecule has 94 valence electrons. The highest BCUT2D eigenvalue weighted by atomic mass is 16.3. The molecule has 1 aromatic rings. The molecule has 1 aliphatic carbocycles. The lowest BCUT2D eigenvalue weighted by Gasteiger charge is -2.22. The number of aromatic nitrogens is 1. The van der Waals surface area contributed by atoms with E-state index in [0.717, 1.165) is 29.9 Å². The fraction of sp³-hybridized carbons (Fsp3) is 0.667. The molecule has 1 saturated carbocycles. The zero-order valence-corrected chi connectivity index (χ0v) is 10.7. The highest BCUT2D eigenvalue weighted by Gasteiger charge is 2.16. The van der Waals surface area contributed by atoms with Crippen molar-refractivity contribution >= 4 is 0 Å². The molecule has 0 bridgehead atoms. The van der Waals surface area contributed by atoms with Crippen molar-refractivity contribution in [3.63, 3.8) is 0 Å². The number of nitrogens with zero attached hydrogens (tertiary/aromatic N) is 1. The van der Waals surface area contributed by atoms with Gasteiger partial charge in [0.15, 0.2) is 0 Å². The Bertz CT molecular complexity index is 345. The Labute approximate surface area is 104 Å². The number of rotatable bonds is 4. The molecule has 1 N–H and O–H groups in total. The van der Waals surface area contributed by atoms with Crippen molar-refractivity contribution in [1.82, 2.24) is 4.98 Å². The van der Waals surface area contributed by atoms with Crippen molar-refractivity contribution < 1.29 is 5.11 Å². The van der Waals surface area contributed by atoms with E-state index in [2.05, 4.69) is 4.98 Å². The van der Waals surface area contributed by atoms with Gasteiger partial charge in [-0.2, -0.15) is 0 Å². The maximum atomic E-state index is 10.1. The zero-order chi connectivity index (χ0) is 12.1. The maximum Gasteiger partial charge on any atom is 0.0805 e. The van der Waals surface area contributed by atoms with Crippen LogP contribution in [0.15, 0.2) is 18.5 Å². The van der Waals surface area contributed by atoms with Gasteiger partial charge >= 0.3 is 0 Å². The summed E-state index contributed by atoms with van der Waals surface area (Å²) in [4.78, 5) is 4.14. The van der Waals surface area contributed by atoms with E-state index in [1.54, 1.807) is 6.20 Å². The molecule has 1 fully saturated rings. The number of hydrogen-bond donors (Lipinski definition) is 1. The van der Waals surface area contributed by atoms with Crippen LogP contribution in [0.5, 0.6) is 0 Å². The monoisotopic (exact) mass is 233 g/mol. The van der Waals surface area contributed by atoms with Crippen LogP contribution < -0.4 is 0 Å². The first-order chi connectivity index (χ1) is 8.25. The molecule has 0 radical (unpaired) electrons. The van der Waals surface area contributed by atoms with Gasteiger partial charge in [0.2, 0.25) is 0 Å². The molecule has 0 saturated heterocycles. The molecule has 0 spiro atoms. The molecule has 1 aliphatic rings. The van der Waals surface area contributed by atoms with E-state index in [0.29, 0.717) is 0 Å². The molecule has 1 aromatic heterocycles. The highest BCUT2D eigenvalue weighted by Crippen LogP contribution is 2.30. The summed E-state index contributed by atoms with van der Waals surface area (Å²) in [6.07, 6.45) is 12.2. The van der Waals surface area contributed by atoms with E-state index < -0.39 is 0 Å². The molecule has 2 heteroatoms.